The van der Waals surface area contributed by atoms with E-state index in [2.05, 4.69) is 10.1 Å². The van der Waals surface area contributed by atoms with Gasteiger partial charge in [-0.25, -0.2) is 13.8 Å². The van der Waals surface area contributed by atoms with E-state index in [4.69, 9.17) is 0 Å². The molecular weight excluding hydrogens is 350 g/mol. The minimum atomic E-state index is -0.796. The van der Waals surface area contributed by atoms with Gasteiger partial charge in [0, 0.05) is 25.2 Å². The number of halogens is 2. The van der Waals surface area contributed by atoms with Crippen LogP contribution in [-0.4, -0.2) is 26.8 Å². The minimum absolute atomic E-state index is 0.0126. The van der Waals surface area contributed by atoms with E-state index in [9.17, 15) is 13.9 Å². The van der Waals surface area contributed by atoms with Crippen molar-refractivity contribution in [1.29, 1.82) is 0 Å². The third kappa shape index (κ3) is 3.19. The summed E-state index contributed by atoms with van der Waals surface area (Å²) >= 11 is 0. The highest BCUT2D eigenvalue weighted by Crippen LogP contribution is 2.31. The Bertz CT molecular complexity index is 1110. The lowest BCUT2D eigenvalue weighted by Crippen LogP contribution is -2.18. The van der Waals surface area contributed by atoms with Gasteiger partial charge in [-0.2, -0.15) is 4.52 Å². The van der Waals surface area contributed by atoms with E-state index >= 15 is 0 Å². The standard InChI is InChI=1S/C20H16F2N4O/c1-25(12-13-5-3-2-4-6-13)18-10-9-17-23-19(20(27)26(17)24-18)15-8-7-14(21)11-16(15)22/h2-11,27H,12H2,1H3. The molecule has 136 valence electrons. The summed E-state index contributed by atoms with van der Waals surface area (Å²) in [5.41, 5.74) is 1.51. The highest BCUT2D eigenvalue weighted by Gasteiger charge is 2.18. The van der Waals surface area contributed by atoms with Gasteiger partial charge in [0.25, 0.3) is 0 Å². The van der Waals surface area contributed by atoms with Crippen LogP contribution >= 0.6 is 0 Å². The summed E-state index contributed by atoms with van der Waals surface area (Å²) in [4.78, 5) is 6.15. The lowest BCUT2D eigenvalue weighted by Gasteiger charge is -2.18. The molecule has 0 atom stereocenters. The van der Waals surface area contributed by atoms with E-state index in [0.717, 1.165) is 17.7 Å². The molecule has 0 aliphatic heterocycles. The van der Waals surface area contributed by atoms with Crippen molar-refractivity contribution in [2.75, 3.05) is 11.9 Å². The van der Waals surface area contributed by atoms with Gasteiger partial charge >= 0.3 is 0 Å². The van der Waals surface area contributed by atoms with Gasteiger partial charge in [-0.3, -0.25) is 0 Å². The van der Waals surface area contributed by atoms with Crippen molar-refractivity contribution >= 4 is 11.5 Å². The van der Waals surface area contributed by atoms with Gasteiger partial charge < -0.3 is 10.0 Å². The average molecular weight is 366 g/mol. The fourth-order valence-corrected chi connectivity index (χ4v) is 2.92. The van der Waals surface area contributed by atoms with Crippen molar-refractivity contribution in [3.63, 3.8) is 0 Å². The molecular formula is C20H16F2N4O. The van der Waals surface area contributed by atoms with Crippen molar-refractivity contribution in [1.82, 2.24) is 14.6 Å². The summed E-state index contributed by atoms with van der Waals surface area (Å²) in [6.07, 6.45) is 0. The highest BCUT2D eigenvalue weighted by molar-refractivity contribution is 5.69. The Balaban J connectivity index is 1.71. The van der Waals surface area contributed by atoms with E-state index < -0.39 is 11.6 Å². The van der Waals surface area contributed by atoms with Gasteiger partial charge in [0.1, 0.15) is 23.1 Å². The molecule has 4 rings (SSSR count). The first-order valence-electron chi connectivity index (χ1n) is 8.32. The summed E-state index contributed by atoms with van der Waals surface area (Å²) in [6.45, 7) is 0.633. The van der Waals surface area contributed by atoms with Crippen LogP contribution in [0.25, 0.3) is 16.9 Å². The molecule has 1 N–H and O–H groups in total. The number of anilines is 1. The van der Waals surface area contributed by atoms with Gasteiger partial charge in [0.2, 0.25) is 5.88 Å². The smallest absolute Gasteiger partial charge is 0.241 e. The number of hydrogen-bond donors (Lipinski definition) is 1. The zero-order valence-electron chi connectivity index (χ0n) is 14.5. The van der Waals surface area contributed by atoms with Crippen molar-refractivity contribution < 1.29 is 13.9 Å². The molecule has 2 aromatic carbocycles. The van der Waals surface area contributed by atoms with Crippen molar-refractivity contribution in [2.45, 2.75) is 6.54 Å². The second-order valence-corrected chi connectivity index (χ2v) is 6.21. The maximum absolute atomic E-state index is 14.1. The molecule has 0 radical (unpaired) electrons. The number of rotatable bonds is 4. The van der Waals surface area contributed by atoms with E-state index in [1.807, 2.05) is 42.3 Å². The Morgan fingerprint density at radius 1 is 1.04 bits per heavy atom. The second-order valence-electron chi connectivity index (χ2n) is 6.21. The molecule has 0 saturated heterocycles. The molecule has 27 heavy (non-hydrogen) atoms. The van der Waals surface area contributed by atoms with Crippen LogP contribution in [0.1, 0.15) is 5.56 Å². The fraction of sp³-hybridized carbons (Fsp3) is 0.100. The average Bonchev–Trinajstić information content (AvgIpc) is 2.98. The number of fused-ring (bicyclic) bond motifs is 1. The van der Waals surface area contributed by atoms with Crippen LogP contribution in [0.4, 0.5) is 14.6 Å². The van der Waals surface area contributed by atoms with Crippen LogP contribution in [0.3, 0.4) is 0 Å². The topological polar surface area (TPSA) is 53.7 Å². The predicted molar refractivity (Wildman–Crippen MR) is 98.6 cm³/mol. The zero-order valence-corrected chi connectivity index (χ0v) is 14.5. The van der Waals surface area contributed by atoms with Gasteiger partial charge in [0.15, 0.2) is 5.65 Å². The molecule has 2 heterocycles. The zero-order chi connectivity index (χ0) is 19.0. The Morgan fingerprint density at radius 3 is 2.56 bits per heavy atom. The van der Waals surface area contributed by atoms with E-state index in [1.165, 1.54) is 10.6 Å². The number of nitrogens with zero attached hydrogens (tertiary/aromatic N) is 4. The highest BCUT2D eigenvalue weighted by atomic mass is 19.1. The molecule has 0 bridgehead atoms. The molecule has 5 nitrogen and oxygen atoms in total. The van der Waals surface area contributed by atoms with Crippen molar-refractivity contribution in [3.8, 4) is 17.1 Å². The Hall–Kier alpha value is -3.48. The molecule has 0 fully saturated rings. The van der Waals surface area contributed by atoms with Crippen LogP contribution in [-0.2, 0) is 6.54 Å². The Labute approximate surface area is 154 Å². The molecule has 0 spiro atoms. The normalized spacial score (nSPS) is 11.1. The number of aromatic hydroxyl groups is 1. The third-order valence-electron chi connectivity index (χ3n) is 4.28. The molecule has 2 aromatic heterocycles. The van der Waals surface area contributed by atoms with Crippen LogP contribution in [0.2, 0.25) is 0 Å². The van der Waals surface area contributed by atoms with Crippen LogP contribution < -0.4 is 4.90 Å². The maximum atomic E-state index is 14.1. The van der Waals surface area contributed by atoms with Gasteiger partial charge in [-0.15, -0.1) is 5.10 Å². The van der Waals surface area contributed by atoms with Gasteiger partial charge in [0.05, 0.1) is 0 Å². The van der Waals surface area contributed by atoms with E-state index in [0.29, 0.717) is 18.0 Å². The fourth-order valence-electron chi connectivity index (χ4n) is 2.92. The van der Waals surface area contributed by atoms with Gasteiger partial charge in [-0.05, 0) is 29.8 Å². The first kappa shape index (κ1) is 17.0. The van der Waals surface area contributed by atoms with Crippen LogP contribution in [0.5, 0.6) is 5.88 Å². The molecule has 0 aliphatic rings. The first-order valence-corrected chi connectivity index (χ1v) is 8.32. The molecule has 7 heteroatoms. The Morgan fingerprint density at radius 2 is 1.81 bits per heavy atom. The molecule has 4 aromatic rings. The quantitative estimate of drug-likeness (QED) is 0.593. The number of imidazole rings is 1. The summed E-state index contributed by atoms with van der Waals surface area (Å²) in [5, 5.41) is 14.9. The lowest BCUT2D eigenvalue weighted by atomic mass is 10.1. The summed E-state index contributed by atoms with van der Waals surface area (Å²) in [7, 11) is 1.88. The molecule has 0 amide bonds. The van der Waals surface area contributed by atoms with Crippen LogP contribution in [0.15, 0.2) is 60.7 Å². The lowest BCUT2D eigenvalue weighted by molar-refractivity contribution is 0.440. The van der Waals surface area contributed by atoms with Gasteiger partial charge in [-0.1, -0.05) is 30.3 Å². The largest absolute Gasteiger partial charge is 0.492 e. The van der Waals surface area contributed by atoms with E-state index in [-0.39, 0.29) is 17.1 Å². The number of hydrogen-bond acceptors (Lipinski definition) is 4. The molecule has 0 aliphatic carbocycles. The molecule has 0 saturated carbocycles. The third-order valence-corrected chi connectivity index (χ3v) is 4.28. The maximum Gasteiger partial charge on any atom is 0.241 e. The van der Waals surface area contributed by atoms with Crippen LogP contribution in [0, 0.1) is 11.6 Å². The summed E-state index contributed by atoms with van der Waals surface area (Å²) in [6, 6.07) is 16.5. The Kier molecular flexibility index (Phi) is 4.19. The monoisotopic (exact) mass is 366 g/mol. The summed E-state index contributed by atoms with van der Waals surface area (Å²) in [5.74, 6) is -1.17. The first-order chi connectivity index (χ1) is 13.0. The van der Waals surface area contributed by atoms with E-state index in [1.54, 1.807) is 12.1 Å². The minimum Gasteiger partial charge on any atom is -0.492 e. The second kappa shape index (κ2) is 6.68. The van der Waals surface area contributed by atoms with Crippen molar-refractivity contribution in [3.05, 3.63) is 77.9 Å². The predicted octanol–water partition coefficient (Wildman–Crippen LogP) is 4.02. The number of benzene rings is 2. The molecule has 0 unspecified atom stereocenters. The summed E-state index contributed by atoms with van der Waals surface area (Å²) < 4.78 is 28.5. The SMILES string of the molecule is CN(Cc1ccccc1)c1ccc2nc(-c3ccc(F)cc3F)c(O)n2n1. The van der Waals surface area contributed by atoms with Crippen molar-refractivity contribution in [2.24, 2.45) is 0 Å². The number of aromatic nitrogens is 3.